The predicted molar refractivity (Wildman–Crippen MR) is 130 cm³/mol. The molecule has 168 valence electrons. The monoisotopic (exact) mass is 482 g/mol. The lowest BCUT2D eigenvalue weighted by molar-refractivity contribution is -0.127. The first-order valence-electron chi connectivity index (χ1n) is 9.85. The molecule has 7 nitrogen and oxygen atoms in total. The van der Waals surface area contributed by atoms with E-state index >= 15 is 0 Å². The molecule has 1 N–H and O–H groups in total. The number of carbonyl (C=O) groups is 3. The minimum Gasteiger partial charge on any atom is -0.497 e. The topological polar surface area (TPSA) is 84.9 Å². The third-order valence-corrected chi connectivity index (χ3v) is 6.29. The highest BCUT2D eigenvalue weighted by atomic mass is 35.5. The van der Waals surface area contributed by atoms with E-state index in [1.54, 1.807) is 43.5 Å². The van der Waals surface area contributed by atoms with Crippen LogP contribution in [0.4, 0.5) is 10.5 Å². The van der Waals surface area contributed by atoms with Crippen molar-refractivity contribution in [3.05, 3.63) is 70.1 Å². The summed E-state index contributed by atoms with van der Waals surface area (Å²) in [5.74, 6) is 0.106. The summed E-state index contributed by atoms with van der Waals surface area (Å²) >= 11 is 6.83. The first-order chi connectivity index (χ1) is 15.9. The van der Waals surface area contributed by atoms with Crippen molar-refractivity contribution in [1.82, 2.24) is 4.90 Å². The summed E-state index contributed by atoms with van der Waals surface area (Å²) in [7, 11) is 3.10. The van der Waals surface area contributed by atoms with Crippen LogP contribution in [-0.2, 0) is 9.59 Å². The van der Waals surface area contributed by atoms with E-state index in [9.17, 15) is 14.4 Å². The van der Waals surface area contributed by atoms with E-state index in [0.29, 0.717) is 27.8 Å². The summed E-state index contributed by atoms with van der Waals surface area (Å²) in [6.07, 6.45) is 1.61. The number of para-hydroxylation sites is 1. The number of anilines is 1. The molecule has 1 heterocycles. The van der Waals surface area contributed by atoms with Gasteiger partial charge in [0.2, 0.25) is 5.91 Å². The Morgan fingerprint density at radius 3 is 2.58 bits per heavy atom. The molecule has 1 fully saturated rings. The molecule has 0 aromatic heterocycles. The molecule has 0 spiro atoms. The zero-order chi connectivity index (χ0) is 23.5. The Hall–Kier alpha value is -3.49. The lowest BCUT2D eigenvalue weighted by Gasteiger charge is -2.13. The molecule has 3 aromatic carbocycles. The largest absolute Gasteiger partial charge is 0.497 e. The van der Waals surface area contributed by atoms with Crippen LogP contribution in [0.5, 0.6) is 11.5 Å². The summed E-state index contributed by atoms with van der Waals surface area (Å²) in [5.41, 5.74) is 1.04. The maximum Gasteiger partial charge on any atom is 0.294 e. The van der Waals surface area contributed by atoms with Crippen LogP contribution in [0.1, 0.15) is 5.56 Å². The van der Waals surface area contributed by atoms with Crippen molar-refractivity contribution < 1.29 is 23.9 Å². The molecule has 0 saturated carbocycles. The molecule has 9 heteroatoms. The van der Waals surface area contributed by atoms with Crippen LogP contribution < -0.4 is 14.8 Å². The zero-order valence-corrected chi connectivity index (χ0v) is 19.3. The number of hydrogen-bond acceptors (Lipinski definition) is 6. The maximum absolute atomic E-state index is 13.0. The van der Waals surface area contributed by atoms with Crippen molar-refractivity contribution in [3.63, 3.8) is 0 Å². The number of hydrogen-bond donors (Lipinski definition) is 1. The lowest BCUT2D eigenvalue weighted by Crippen LogP contribution is -2.36. The molecule has 0 atom stereocenters. The average molecular weight is 483 g/mol. The van der Waals surface area contributed by atoms with Crippen molar-refractivity contribution in [2.24, 2.45) is 0 Å². The van der Waals surface area contributed by atoms with Gasteiger partial charge in [0.05, 0.1) is 29.8 Å². The number of rotatable bonds is 6. The molecule has 0 unspecified atom stereocenters. The lowest BCUT2D eigenvalue weighted by atomic mass is 10.0. The van der Waals surface area contributed by atoms with E-state index in [0.717, 1.165) is 27.4 Å². The first-order valence-corrected chi connectivity index (χ1v) is 11.0. The van der Waals surface area contributed by atoms with E-state index in [-0.39, 0.29) is 4.91 Å². The fourth-order valence-corrected chi connectivity index (χ4v) is 4.42. The molecule has 1 aliphatic rings. The highest BCUT2D eigenvalue weighted by Gasteiger charge is 2.36. The van der Waals surface area contributed by atoms with Crippen molar-refractivity contribution >= 4 is 63.0 Å². The van der Waals surface area contributed by atoms with Gasteiger partial charge in [0.25, 0.3) is 11.1 Å². The van der Waals surface area contributed by atoms with Gasteiger partial charge in [-0.15, -0.1) is 0 Å². The molecule has 4 rings (SSSR count). The second kappa shape index (κ2) is 9.56. The molecular formula is C24H19ClN2O5S. The Morgan fingerprint density at radius 1 is 1.09 bits per heavy atom. The maximum atomic E-state index is 13.0. The third-order valence-electron chi connectivity index (χ3n) is 5.05. The second-order valence-electron chi connectivity index (χ2n) is 7.06. The van der Waals surface area contributed by atoms with Crippen molar-refractivity contribution in [2.45, 2.75) is 0 Å². The van der Waals surface area contributed by atoms with Crippen molar-refractivity contribution in [1.29, 1.82) is 0 Å². The summed E-state index contributed by atoms with van der Waals surface area (Å²) in [6.45, 7) is -0.423. The highest BCUT2D eigenvalue weighted by Crippen LogP contribution is 2.37. The molecule has 3 aromatic rings. The van der Waals surface area contributed by atoms with Gasteiger partial charge in [-0.3, -0.25) is 19.3 Å². The van der Waals surface area contributed by atoms with Gasteiger partial charge in [-0.25, -0.2) is 0 Å². The quantitative estimate of drug-likeness (QED) is 0.487. The van der Waals surface area contributed by atoms with E-state index in [2.05, 4.69) is 5.32 Å². The molecule has 0 bridgehead atoms. The van der Waals surface area contributed by atoms with Crippen LogP contribution in [-0.4, -0.2) is 42.7 Å². The van der Waals surface area contributed by atoms with Crippen molar-refractivity contribution in [3.8, 4) is 11.5 Å². The Kier molecular flexibility index (Phi) is 6.57. The van der Waals surface area contributed by atoms with Crippen LogP contribution in [0, 0.1) is 0 Å². The van der Waals surface area contributed by atoms with Crippen LogP contribution in [0.25, 0.3) is 16.8 Å². The molecular weight excluding hydrogens is 464 g/mol. The minimum atomic E-state index is -0.554. The average Bonchev–Trinajstić information content (AvgIpc) is 3.07. The fraction of sp³-hybridized carbons (Fsp3) is 0.125. The summed E-state index contributed by atoms with van der Waals surface area (Å²) in [5, 5.41) is 4.17. The number of amides is 3. The van der Waals surface area contributed by atoms with E-state index in [4.69, 9.17) is 21.1 Å². The Morgan fingerprint density at radius 2 is 1.85 bits per heavy atom. The van der Waals surface area contributed by atoms with Crippen LogP contribution in [0.2, 0.25) is 5.02 Å². The molecule has 3 amide bonds. The first kappa shape index (κ1) is 22.7. The van der Waals surface area contributed by atoms with Crippen molar-refractivity contribution in [2.75, 3.05) is 26.1 Å². The summed E-state index contributed by atoms with van der Waals surface area (Å²) in [4.78, 5) is 39.0. The Bertz CT molecular complexity index is 1300. The molecule has 1 saturated heterocycles. The number of nitrogens with zero attached hydrogens (tertiary/aromatic N) is 1. The third kappa shape index (κ3) is 4.67. The van der Waals surface area contributed by atoms with Crippen LogP contribution >= 0.6 is 23.4 Å². The van der Waals surface area contributed by atoms with E-state index in [1.807, 2.05) is 24.3 Å². The number of imide groups is 1. The highest BCUT2D eigenvalue weighted by molar-refractivity contribution is 8.18. The fourth-order valence-electron chi connectivity index (χ4n) is 3.42. The predicted octanol–water partition coefficient (Wildman–Crippen LogP) is 5.19. The Balaban J connectivity index is 1.62. The minimum absolute atomic E-state index is 0.194. The van der Waals surface area contributed by atoms with E-state index < -0.39 is 23.6 Å². The van der Waals surface area contributed by atoms with Gasteiger partial charge >= 0.3 is 0 Å². The number of halogens is 1. The number of methoxy groups -OCH3 is 2. The van der Waals surface area contributed by atoms with Gasteiger partial charge in [-0.2, -0.15) is 0 Å². The number of benzene rings is 3. The normalized spacial score (nSPS) is 14.8. The van der Waals surface area contributed by atoms with Gasteiger partial charge in [-0.1, -0.05) is 35.9 Å². The second-order valence-corrected chi connectivity index (χ2v) is 8.46. The van der Waals surface area contributed by atoms with Gasteiger partial charge < -0.3 is 14.8 Å². The van der Waals surface area contributed by atoms with Crippen LogP contribution in [0.15, 0.2) is 59.5 Å². The van der Waals surface area contributed by atoms with Crippen LogP contribution in [0.3, 0.4) is 0 Å². The molecule has 0 radical (unpaired) electrons. The Labute approximate surface area is 199 Å². The smallest absolute Gasteiger partial charge is 0.294 e. The molecule has 0 aliphatic carbocycles. The number of carbonyl (C=O) groups excluding carboxylic acids is 3. The van der Waals surface area contributed by atoms with E-state index in [1.165, 1.54) is 7.11 Å². The van der Waals surface area contributed by atoms with Gasteiger partial charge in [0.1, 0.15) is 18.0 Å². The number of thioether (sulfide) groups is 1. The number of fused-ring (bicyclic) bond motifs is 1. The molecule has 1 aliphatic heterocycles. The number of nitrogens with one attached hydrogen (secondary N) is 1. The van der Waals surface area contributed by atoms with Gasteiger partial charge in [0, 0.05) is 5.56 Å². The summed E-state index contributed by atoms with van der Waals surface area (Å²) in [6, 6.07) is 16.0. The SMILES string of the molecule is COc1ccc2ccc(OC)c(/C=C3/SC(=O)N(CC(=O)Nc4ccccc4Cl)C3=O)c2c1. The summed E-state index contributed by atoms with van der Waals surface area (Å²) < 4.78 is 10.8. The van der Waals surface area contributed by atoms with Gasteiger partial charge in [-0.05, 0) is 58.9 Å². The standard InChI is InChI=1S/C24H19ClN2O5S/c1-31-15-9-7-14-8-10-20(32-2)17(16(14)11-15)12-21-23(29)27(24(30)33-21)13-22(28)26-19-6-4-3-5-18(19)25/h3-12H,13H2,1-2H3,(H,26,28)/b21-12+. The van der Waals surface area contributed by atoms with Gasteiger partial charge in [0.15, 0.2) is 0 Å². The number of ether oxygens (including phenoxy) is 2. The molecule has 33 heavy (non-hydrogen) atoms. The zero-order valence-electron chi connectivity index (χ0n) is 17.8.